The van der Waals surface area contributed by atoms with Crippen molar-refractivity contribution in [3.63, 3.8) is 0 Å². The average Bonchev–Trinajstić information content (AvgIpc) is 2.93. The first-order chi connectivity index (χ1) is 20.4. The van der Waals surface area contributed by atoms with Crippen molar-refractivity contribution >= 4 is 17.8 Å². The lowest BCUT2D eigenvalue weighted by Crippen LogP contribution is -2.64. The summed E-state index contributed by atoms with van der Waals surface area (Å²) in [5.41, 5.74) is 1.76. The van der Waals surface area contributed by atoms with Crippen LogP contribution in [0.5, 0.6) is 11.5 Å². The molecule has 0 bridgehead atoms. The summed E-state index contributed by atoms with van der Waals surface area (Å²) in [5, 5.41) is 30.2. The van der Waals surface area contributed by atoms with E-state index in [0.29, 0.717) is 17.4 Å². The van der Waals surface area contributed by atoms with E-state index in [9.17, 15) is 24.9 Å². The highest BCUT2D eigenvalue weighted by molar-refractivity contribution is 5.96. The zero-order chi connectivity index (χ0) is 32.1. The van der Waals surface area contributed by atoms with Crippen molar-refractivity contribution < 1.29 is 24.9 Å². The number of hydrogen-bond donors (Lipinski definition) is 3. The van der Waals surface area contributed by atoms with E-state index < -0.39 is 11.4 Å². The van der Waals surface area contributed by atoms with Crippen LogP contribution in [0, 0.1) is 56.2 Å². The fourth-order valence-corrected chi connectivity index (χ4v) is 12.1. The molecule has 1 aromatic rings. The third kappa shape index (κ3) is 4.30. The number of phenolic OH excluding ortho intramolecular Hbond substituents is 2. The Morgan fingerprint density at radius 1 is 0.841 bits per heavy atom. The summed E-state index contributed by atoms with van der Waals surface area (Å²) in [7, 11) is 0. The summed E-state index contributed by atoms with van der Waals surface area (Å²) in [6.07, 6.45) is 15.6. The van der Waals surface area contributed by atoms with Gasteiger partial charge in [-0.3, -0.25) is 9.59 Å². The molecule has 0 spiro atoms. The molecule has 1 aromatic carbocycles. The summed E-state index contributed by atoms with van der Waals surface area (Å²) in [6, 6.07) is 4.63. The lowest BCUT2D eigenvalue weighted by atomic mass is 9.33. The van der Waals surface area contributed by atoms with E-state index in [0.717, 1.165) is 64.2 Å². The monoisotopic (exact) mass is 602 g/mol. The smallest absolute Gasteiger partial charge is 0.310 e. The molecule has 0 radical (unpaired) electrons. The predicted octanol–water partition coefficient (Wildman–Crippen LogP) is 9.18. The van der Waals surface area contributed by atoms with E-state index in [1.165, 1.54) is 17.7 Å². The molecule has 4 saturated carbocycles. The Kier molecular flexibility index (Phi) is 7.12. The summed E-state index contributed by atoms with van der Waals surface area (Å²) in [6.45, 7) is 16.9. The summed E-state index contributed by atoms with van der Waals surface area (Å²) in [4.78, 5) is 26.7. The maximum atomic E-state index is 13.7. The molecule has 5 nitrogen and oxygen atoms in total. The average molecular weight is 603 g/mol. The quantitative estimate of drug-likeness (QED) is 0.181. The van der Waals surface area contributed by atoms with Crippen LogP contribution in [-0.2, 0) is 9.59 Å². The standard InChI is InChI=1S/C39H54O5/c1-34(2)18-20-39(33(43)44)21-19-37(6)25(27(39)23-34)10-13-32-36(5)16-14-26(35(3,4)31(36)15-17-38(32,37)7)28(40)11-8-24-9-12-29(41)30(42)22-24/h8-12,22,26-27,31-32,41-42H,13-21,23H2,1-7H3,(H,43,44)/b11-8+/t26-,27+,31+,32-,36+,37-,38-,39+/m1/s1. The van der Waals surface area contributed by atoms with Gasteiger partial charge < -0.3 is 15.3 Å². The van der Waals surface area contributed by atoms with Crippen LogP contribution in [0.15, 0.2) is 35.9 Å². The van der Waals surface area contributed by atoms with Crippen molar-refractivity contribution in [2.45, 2.75) is 113 Å². The highest BCUT2D eigenvalue weighted by Gasteiger charge is 2.69. The number of carbonyl (C=O) groups excluding carboxylic acids is 1. The number of fused-ring (bicyclic) bond motifs is 7. The van der Waals surface area contributed by atoms with E-state index in [2.05, 4.69) is 54.5 Å². The molecule has 5 aliphatic rings. The molecule has 3 N–H and O–H groups in total. The maximum Gasteiger partial charge on any atom is 0.310 e. The van der Waals surface area contributed by atoms with Crippen molar-refractivity contribution in [2.75, 3.05) is 0 Å². The van der Waals surface area contributed by atoms with Gasteiger partial charge in [-0.25, -0.2) is 0 Å². The Bertz CT molecular complexity index is 1430. The van der Waals surface area contributed by atoms with Gasteiger partial charge in [0.05, 0.1) is 5.41 Å². The van der Waals surface area contributed by atoms with Crippen LogP contribution in [0.25, 0.3) is 6.08 Å². The third-order valence-electron chi connectivity index (χ3n) is 14.9. The number of carboxylic acids is 1. The van der Waals surface area contributed by atoms with Crippen LogP contribution in [0.2, 0.25) is 0 Å². The minimum absolute atomic E-state index is 0.00381. The van der Waals surface area contributed by atoms with E-state index in [-0.39, 0.29) is 56.2 Å². The van der Waals surface area contributed by atoms with Gasteiger partial charge in [0.25, 0.3) is 0 Å². The third-order valence-corrected chi connectivity index (χ3v) is 14.9. The number of aliphatic carboxylic acids is 1. The van der Waals surface area contributed by atoms with Gasteiger partial charge in [-0.1, -0.05) is 72.3 Å². The first-order valence-corrected chi connectivity index (χ1v) is 17.1. The van der Waals surface area contributed by atoms with E-state index in [1.54, 1.807) is 18.2 Å². The largest absolute Gasteiger partial charge is 0.504 e. The first-order valence-electron chi connectivity index (χ1n) is 17.1. The number of benzene rings is 1. The molecule has 0 aromatic heterocycles. The summed E-state index contributed by atoms with van der Waals surface area (Å²) < 4.78 is 0. The fraction of sp³-hybridized carbons (Fsp3) is 0.692. The number of carbonyl (C=O) groups is 2. The van der Waals surface area contributed by atoms with E-state index in [1.807, 2.05) is 0 Å². The fourth-order valence-electron chi connectivity index (χ4n) is 12.1. The normalized spacial score (nSPS) is 42.3. The Morgan fingerprint density at radius 2 is 1.55 bits per heavy atom. The predicted molar refractivity (Wildman–Crippen MR) is 174 cm³/mol. The number of allylic oxidation sites excluding steroid dienone is 3. The van der Waals surface area contributed by atoms with Gasteiger partial charge >= 0.3 is 5.97 Å². The SMILES string of the molecule is CC1(C)CC[C@]2(C(=O)O)CC[C@]3(C)C(=CC[C@@H]4[C@@]5(C)CC[C@H](C(=O)/C=C/c6ccc(O)c(O)c6)C(C)(C)[C@@H]5CC[C@]43C)[C@@H]2C1. The van der Waals surface area contributed by atoms with Gasteiger partial charge in [-0.05, 0) is 133 Å². The van der Waals surface area contributed by atoms with Crippen molar-refractivity contribution in [1.29, 1.82) is 0 Å². The molecule has 8 atom stereocenters. The van der Waals surface area contributed by atoms with Crippen molar-refractivity contribution in [3.8, 4) is 11.5 Å². The summed E-state index contributed by atoms with van der Waals surface area (Å²) in [5.74, 6) is 0.207. The molecule has 4 fully saturated rings. The zero-order valence-corrected chi connectivity index (χ0v) is 28.0. The molecule has 0 unspecified atom stereocenters. The lowest BCUT2D eigenvalue weighted by Gasteiger charge is -2.71. The molecular formula is C39H54O5. The van der Waals surface area contributed by atoms with Crippen LogP contribution >= 0.6 is 0 Å². The minimum atomic E-state index is -0.613. The zero-order valence-electron chi connectivity index (χ0n) is 28.0. The second-order valence-electron chi connectivity index (χ2n) is 17.6. The number of carboxylic acid groups (broad SMARTS) is 1. The van der Waals surface area contributed by atoms with Crippen LogP contribution in [0.3, 0.4) is 0 Å². The topological polar surface area (TPSA) is 94.8 Å². The van der Waals surface area contributed by atoms with Crippen LogP contribution in [0.1, 0.15) is 118 Å². The number of hydrogen-bond acceptors (Lipinski definition) is 4. The Labute approximate surface area is 264 Å². The lowest BCUT2D eigenvalue weighted by molar-refractivity contribution is -0.196. The maximum absolute atomic E-state index is 13.7. The summed E-state index contributed by atoms with van der Waals surface area (Å²) >= 11 is 0. The van der Waals surface area contributed by atoms with Gasteiger partial charge in [0.2, 0.25) is 0 Å². The highest BCUT2D eigenvalue weighted by atomic mass is 16.4. The van der Waals surface area contributed by atoms with Gasteiger partial charge in [-0.2, -0.15) is 0 Å². The molecular weight excluding hydrogens is 548 g/mol. The first kappa shape index (κ1) is 31.4. The van der Waals surface area contributed by atoms with Gasteiger partial charge in [-0.15, -0.1) is 0 Å². The molecule has 44 heavy (non-hydrogen) atoms. The number of rotatable bonds is 4. The highest BCUT2D eigenvalue weighted by Crippen LogP contribution is 2.76. The van der Waals surface area contributed by atoms with Crippen LogP contribution in [0.4, 0.5) is 0 Å². The second-order valence-corrected chi connectivity index (χ2v) is 17.6. The van der Waals surface area contributed by atoms with E-state index in [4.69, 9.17) is 0 Å². The van der Waals surface area contributed by atoms with Crippen LogP contribution in [-0.4, -0.2) is 27.1 Å². The van der Waals surface area contributed by atoms with Crippen molar-refractivity contribution in [1.82, 2.24) is 0 Å². The number of aromatic hydroxyl groups is 2. The van der Waals surface area contributed by atoms with Crippen molar-refractivity contribution in [2.24, 2.45) is 56.2 Å². The molecule has 5 aliphatic carbocycles. The van der Waals surface area contributed by atoms with Gasteiger partial charge in [0.15, 0.2) is 17.3 Å². The van der Waals surface area contributed by atoms with Crippen molar-refractivity contribution in [3.05, 3.63) is 41.5 Å². The number of ketones is 1. The molecule has 6 rings (SSSR count). The Balaban J connectivity index is 1.30. The molecule has 0 aliphatic heterocycles. The Hall–Kier alpha value is -2.56. The second kappa shape index (κ2) is 9.97. The van der Waals surface area contributed by atoms with Gasteiger partial charge in [0, 0.05) is 5.92 Å². The minimum Gasteiger partial charge on any atom is -0.504 e. The molecule has 240 valence electrons. The van der Waals surface area contributed by atoms with Gasteiger partial charge in [0.1, 0.15) is 0 Å². The molecule has 0 saturated heterocycles. The molecule has 5 heteroatoms. The molecule has 0 amide bonds. The van der Waals surface area contributed by atoms with Crippen LogP contribution < -0.4 is 0 Å². The number of phenols is 2. The molecule has 0 heterocycles. The van der Waals surface area contributed by atoms with E-state index >= 15 is 0 Å². The Morgan fingerprint density at radius 3 is 2.23 bits per heavy atom.